The molecule has 2 aromatic rings. The minimum Gasteiger partial charge on any atom is -0.462 e. The van der Waals surface area contributed by atoms with Crippen LogP contribution in [-0.2, 0) is 18.9 Å². The minimum absolute atomic E-state index is 0.136. The highest BCUT2D eigenvalue weighted by atomic mass is 16.5. The molecule has 48 heavy (non-hydrogen) atoms. The molecule has 0 aliphatic carbocycles. The summed E-state index contributed by atoms with van der Waals surface area (Å²) in [6, 6.07) is 9.13. The molecule has 0 heterocycles. The summed E-state index contributed by atoms with van der Waals surface area (Å²) in [5, 5.41) is 0. The van der Waals surface area contributed by atoms with E-state index in [9.17, 15) is 19.2 Å². The van der Waals surface area contributed by atoms with Crippen LogP contribution >= 0.6 is 0 Å². The Bertz CT molecular complexity index is 1190. The van der Waals surface area contributed by atoms with Crippen molar-refractivity contribution < 1.29 is 38.1 Å². The van der Waals surface area contributed by atoms with Gasteiger partial charge in [-0.1, -0.05) is 24.3 Å². The first-order chi connectivity index (χ1) is 23.3. The molecule has 0 bridgehead atoms. The van der Waals surface area contributed by atoms with E-state index in [-0.39, 0.29) is 48.7 Å². The van der Waals surface area contributed by atoms with Crippen LogP contribution in [0, 0.1) is 0 Å². The third-order valence-corrected chi connectivity index (χ3v) is 7.29. The van der Waals surface area contributed by atoms with E-state index in [0.717, 1.165) is 51.4 Å². The molecule has 0 aromatic heterocycles. The third kappa shape index (κ3) is 14.8. The number of unbranched alkanes of at least 4 members (excludes halogenated alkanes) is 8. The van der Waals surface area contributed by atoms with E-state index < -0.39 is 23.9 Å². The number of hydrogen-bond acceptors (Lipinski definition) is 8. The second-order valence-electron chi connectivity index (χ2n) is 11.3. The fraction of sp³-hybridized carbons (Fsp3) is 0.400. The van der Waals surface area contributed by atoms with Crippen molar-refractivity contribution in [3.8, 4) is 11.1 Å². The Hall–Kier alpha value is -4.72. The Balaban J connectivity index is 2.48. The molecule has 8 nitrogen and oxygen atoms in total. The van der Waals surface area contributed by atoms with Gasteiger partial charge in [0.25, 0.3) is 0 Å². The number of benzene rings is 2. The molecule has 0 amide bonds. The smallest absolute Gasteiger partial charge is 0.338 e. The van der Waals surface area contributed by atoms with Crippen LogP contribution in [0.1, 0.15) is 118 Å². The van der Waals surface area contributed by atoms with Crippen LogP contribution in [-0.4, -0.2) is 50.3 Å². The molecular formula is C40H50O8. The van der Waals surface area contributed by atoms with Crippen molar-refractivity contribution in [3.63, 3.8) is 0 Å². The standard InChI is InChI=1S/C40H50O8/c1-5-9-13-17-21-45-37(41)33-25-31(26-34(29-33)38(42)46-22-18-14-10-6-2)32-27-35(39(43)47-23-19-15-11-7-3)30-36(28-32)40(44)48-24-20-16-12-8-4/h5-8,25-30H,1-4,9-24H2. The molecule has 0 spiro atoms. The van der Waals surface area contributed by atoms with Gasteiger partial charge in [0.05, 0.1) is 48.7 Å². The Kier molecular flexibility index (Phi) is 19.4. The van der Waals surface area contributed by atoms with Gasteiger partial charge < -0.3 is 18.9 Å². The number of carbonyl (C=O) groups is 4. The van der Waals surface area contributed by atoms with E-state index >= 15 is 0 Å². The lowest BCUT2D eigenvalue weighted by molar-refractivity contribution is 0.0478. The van der Waals surface area contributed by atoms with Crippen molar-refractivity contribution in [2.75, 3.05) is 26.4 Å². The lowest BCUT2D eigenvalue weighted by Crippen LogP contribution is -2.12. The predicted octanol–water partition coefficient (Wildman–Crippen LogP) is 9.41. The molecule has 0 atom stereocenters. The zero-order chi connectivity index (χ0) is 35.0. The normalized spacial score (nSPS) is 10.4. The summed E-state index contributed by atoms with van der Waals surface area (Å²) >= 11 is 0. The second kappa shape index (κ2) is 23.6. The van der Waals surface area contributed by atoms with E-state index in [2.05, 4.69) is 26.3 Å². The number of rotatable bonds is 25. The Morgan fingerprint density at radius 2 is 0.625 bits per heavy atom. The maximum Gasteiger partial charge on any atom is 0.338 e. The van der Waals surface area contributed by atoms with Gasteiger partial charge in [-0.25, -0.2) is 19.2 Å². The van der Waals surface area contributed by atoms with Gasteiger partial charge >= 0.3 is 23.9 Å². The molecule has 0 N–H and O–H groups in total. The Morgan fingerprint density at radius 1 is 0.396 bits per heavy atom. The quantitative estimate of drug-likeness (QED) is 0.0450. The van der Waals surface area contributed by atoms with E-state index in [1.165, 1.54) is 12.1 Å². The van der Waals surface area contributed by atoms with Crippen LogP contribution in [0.15, 0.2) is 87.0 Å². The highest BCUT2D eigenvalue weighted by molar-refractivity contribution is 6.00. The molecule has 0 radical (unpaired) electrons. The number of allylic oxidation sites excluding steroid dienone is 4. The molecule has 0 fully saturated rings. The lowest BCUT2D eigenvalue weighted by atomic mass is 9.96. The van der Waals surface area contributed by atoms with Gasteiger partial charge in [-0.05, 0) is 125 Å². The zero-order valence-corrected chi connectivity index (χ0v) is 28.2. The van der Waals surface area contributed by atoms with Gasteiger partial charge in [-0.3, -0.25) is 0 Å². The number of carbonyl (C=O) groups excluding carboxylic acids is 4. The molecule has 0 aliphatic heterocycles. The summed E-state index contributed by atoms with van der Waals surface area (Å²) in [6.45, 7) is 15.6. The van der Waals surface area contributed by atoms with E-state index in [0.29, 0.717) is 36.8 Å². The van der Waals surface area contributed by atoms with Gasteiger partial charge in [0.15, 0.2) is 0 Å². The first kappa shape index (κ1) is 39.5. The monoisotopic (exact) mass is 658 g/mol. The largest absolute Gasteiger partial charge is 0.462 e. The van der Waals surface area contributed by atoms with Gasteiger partial charge in [0.2, 0.25) is 0 Å². The number of ether oxygens (including phenoxy) is 4. The molecule has 8 heteroatoms. The maximum atomic E-state index is 13.1. The van der Waals surface area contributed by atoms with Crippen molar-refractivity contribution in [1.82, 2.24) is 0 Å². The summed E-state index contributed by atoms with van der Waals surface area (Å²) in [5.74, 6) is -2.43. The summed E-state index contributed by atoms with van der Waals surface area (Å²) in [6.07, 6.45) is 16.4. The van der Waals surface area contributed by atoms with Gasteiger partial charge in [-0.15, -0.1) is 26.3 Å². The topological polar surface area (TPSA) is 105 Å². The van der Waals surface area contributed by atoms with E-state index in [4.69, 9.17) is 18.9 Å². The van der Waals surface area contributed by atoms with E-state index in [1.54, 1.807) is 48.6 Å². The summed E-state index contributed by atoms with van der Waals surface area (Å²) < 4.78 is 22.0. The fourth-order valence-corrected chi connectivity index (χ4v) is 4.62. The van der Waals surface area contributed by atoms with Gasteiger partial charge in [0, 0.05) is 0 Å². The van der Waals surface area contributed by atoms with Crippen LogP contribution in [0.3, 0.4) is 0 Å². The molecule has 2 rings (SSSR count). The molecule has 0 saturated carbocycles. The van der Waals surface area contributed by atoms with Crippen molar-refractivity contribution in [2.45, 2.75) is 77.0 Å². The Labute approximate surface area is 285 Å². The second-order valence-corrected chi connectivity index (χ2v) is 11.3. The first-order valence-electron chi connectivity index (χ1n) is 16.8. The molecule has 2 aromatic carbocycles. The SMILES string of the molecule is C=CCCCCOC(=O)c1cc(C(=O)OCCCCC=C)cc(-c2cc(C(=O)OCCCCC=C)cc(C(=O)OCCCCC=C)c2)c1. The summed E-state index contributed by atoms with van der Waals surface area (Å²) in [7, 11) is 0. The molecule has 258 valence electrons. The van der Waals surface area contributed by atoms with Crippen molar-refractivity contribution >= 4 is 23.9 Å². The average molecular weight is 659 g/mol. The van der Waals surface area contributed by atoms with Crippen LogP contribution in [0.4, 0.5) is 0 Å². The van der Waals surface area contributed by atoms with Crippen LogP contribution in [0.5, 0.6) is 0 Å². The van der Waals surface area contributed by atoms with Crippen LogP contribution < -0.4 is 0 Å². The zero-order valence-electron chi connectivity index (χ0n) is 28.2. The summed E-state index contributed by atoms with van der Waals surface area (Å²) in [5.41, 5.74) is 1.37. The molecule has 0 saturated heterocycles. The molecule has 0 unspecified atom stereocenters. The number of hydrogen-bond donors (Lipinski definition) is 0. The highest BCUT2D eigenvalue weighted by Crippen LogP contribution is 2.27. The first-order valence-corrected chi connectivity index (χ1v) is 16.8. The van der Waals surface area contributed by atoms with Crippen molar-refractivity contribution in [1.29, 1.82) is 0 Å². The highest BCUT2D eigenvalue weighted by Gasteiger charge is 2.20. The van der Waals surface area contributed by atoms with Gasteiger partial charge in [-0.2, -0.15) is 0 Å². The third-order valence-electron chi connectivity index (χ3n) is 7.29. The van der Waals surface area contributed by atoms with E-state index in [1.807, 2.05) is 0 Å². The minimum atomic E-state index is -0.607. The van der Waals surface area contributed by atoms with Crippen molar-refractivity contribution in [3.05, 3.63) is 109 Å². The van der Waals surface area contributed by atoms with Crippen LogP contribution in [0.25, 0.3) is 11.1 Å². The lowest BCUT2D eigenvalue weighted by Gasteiger charge is -2.13. The van der Waals surface area contributed by atoms with Crippen molar-refractivity contribution in [2.24, 2.45) is 0 Å². The fourth-order valence-electron chi connectivity index (χ4n) is 4.62. The average Bonchev–Trinajstić information content (AvgIpc) is 3.10. The summed E-state index contributed by atoms with van der Waals surface area (Å²) in [4.78, 5) is 52.6. The molecular weight excluding hydrogens is 608 g/mol. The molecule has 0 aliphatic rings. The number of esters is 4. The maximum absolute atomic E-state index is 13.1. The Morgan fingerprint density at radius 3 is 0.833 bits per heavy atom. The van der Waals surface area contributed by atoms with Crippen LogP contribution in [0.2, 0.25) is 0 Å². The predicted molar refractivity (Wildman–Crippen MR) is 189 cm³/mol. The van der Waals surface area contributed by atoms with Gasteiger partial charge in [0.1, 0.15) is 0 Å².